The van der Waals surface area contributed by atoms with E-state index in [0.29, 0.717) is 25.4 Å². The van der Waals surface area contributed by atoms with Crippen LogP contribution < -0.4 is 24.8 Å². The van der Waals surface area contributed by atoms with Crippen molar-refractivity contribution in [3.8, 4) is 17.2 Å². The highest BCUT2D eigenvalue weighted by molar-refractivity contribution is 5.73. The number of rotatable bonds is 6. The molecule has 2 amide bonds. The first-order chi connectivity index (χ1) is 12.9. The van der Waals surface area contributed by atoms with Gasteiger partial charge < -0.3 is 24.8 Å². The van der Waals surface area contributed by atoms with Gasteiger partial charge in [0.15, 0.2) is 11.5 Å². The Balaban J connectivity index is 1.35. The zero-order chi connectivity index (χ0) is 19.3. The Bertz CT molecular complexity index is 782. The quantitative estimate of drug-likeness (QED) is 0.763. The highest BCUT2D eigenvalue weighted by atomic mass is 16.7. The average Bonchev–Trinajstić information content (AvgIpc) is 3.11. The molecule has 27 heavy (non-hydrogen) atoms. The highest BCUT2D eigenvalue weighted by Gasteiger charge is 2.14. The van der Waals surface area contributed by atoms with Crippen molar-refractivity contribution in [2.75, 3.05) is 19.9 Å². The maximum atomic E-state index is 11.9. The molecule has 1 aliphatic rings. The number of ether oxygens (including phenoxy) is 3. The lowest BCUT2D eigenvalue weighted by atomic mass is 9.87. The van der Waals surface area contributed by atoms with E-state index in [1.54, 1.807) is 0 Å². The lowest BCUT2D eigenvalue weighted by Gasteiger charge is -2.19. The Morgan fingerprint density at radius 3 is 2.52 bits per heavy atom. The lowest BCUT2D eigenvalue weighted by Crippen LogP contribution is -2.37. The molecule has 2 aromatic carbocycles. The van der Waals surface area contributed by atoms with E-state index in [2.05, 4.69) is 43.5 Å². The number of amides is 2. The molecule has 0 unspecified atom stereocenters. The smallest absolute Gasteiger partial charge is 0.315 e. The highest BCUT2D eigenvalue weighted by Crippen LogP contribution is 2.32. The normalized spacial score (nSPS) is 12.6. The maximum Gasteiger partial charge on any atom is 0.315 e. The molecule has 3 rings (SSSR count). The van der Waals surface area contributed by atoms with Crippen LogP contribution in [-0.4, -0.2) is 26.0 Å². The second-order valence-corrected chi connectivity index (χ2v) is 7.42. The third kappa shape index (κ3) is 5.29. The van der Waals surface area contributed by atoms with Crippen LogP contribution in [0.3, 0.4) is 0 Å². The summed E-state index contributed by atoms with van der Waals surface area (Å²) >= 11 is 0. The van der Waals surface area contributed by atoms with Crippen molar-refractivity contribution in [1.29, 1.82) is 0 Å². The van der Waals surface area contributed by atoms with Crippen molar-refractivity contribution in [2.45, 2.75) is 32.7 Å². The van der Waals surface area contributed by atoms with Crippen LogP contribution in [0.4, 0.5) is 4.79 Å². The van der Waals surface area contributed by atoms with E-state index in [-0.39, 0.29) is 18.2 Å². The molecule has 0 radical (unpaired) electrons. The number of urea groups is 1. The van der Waals surface area contributed by atoms with Crippen molar-refractivity contribution in [3.63, 3.8) is 0 Å². The Labute approximate surface area is 159 Å². The van der Waals surface area contributed by atoms with Gasteiger partial charge in [0, 0.05) is 6.54 Å². The molecule has 2 N–H and O–H groups in total. The predicted molar refractivity (Wildman–Crippen MR) is 103 cm³/mol. The third-order valence-corrected chi connectivity index (χ3v) is 4.27. The van der Waals surface area contributed by atoms with E-state index in [0.717, 1.165) is 17.1 Å². The van der Waals surface area contributed by atoms with Crippen molar-refractivity contribution in [1.82, 2.24) is 10.6 Å². The van der Waals surface area contributed by atoms with E-state index in [9.17, 15) is 4.79 Å². The molecule has 1 heterocycles. The van der Waals surface area contributed by atoms with E-state index in [1.807, 2.05) is 30.3 Å². The molecule has 2 aromatic rings. The van der Waals surface area contributed by atoms with Gasteiger partial charge in [-0.2, -0.15) is 0 Å². The van der Waals surface area contributed by atoms with Gasteiger partial charge >= 0.3 is 6.03 Å². The van der Waals surface area contributed by atoms with Crippen molar-refractivity contribution < 1.29 is 19.0 Å². The van der Waals surface area contributed by atoms with Gasteiger partial charge in [0.25, 0.3) is 0 Å². The average molecular weight is 370 g/mol. The van der Waals surface area contributed by atoms with Gasteiger partial charge in [-0.1, -0.05) is 39.0 Å². The molecule has 0 atom stereocenters. The van der Waals surface area contributed by atoms with Crippen LogP contribution >= 0.6 is 0 Å². The largest absolute Gasteiger partial charge is 0.492 e. The molecule has 144 valence electrons. The zero-order valence-electron chi connectivity index (χ0n) is 16.0. The Hall–Kier alpha value is -2.89. The van der Waals surface area contributed by atoms with Crippen LogP contribution in [0, 0.1) is 0 Å². The second kappa shape index (κ2) is 8.20. The van der Waals surface area contributed by atoms with Gasteiger partial charge in [-0.3, -0.25) is 0 Å². The summed E-state index contributed by atoms with van der Waals surface area (Å²) in [5, 5.41) is 5.59. The summed E-state index contributed by atoms with van der Waals surface area (Å²) in [6, 6.07) is 13.4. The van der Waals surface area contributed by atoms with Crippen molar-refractivity contribution in [3.05, 3.63) is 53.6 Å². The SMILES string of the molecule is CC(C)(C)c1ccc(OCCNC(=O)NCc2ccc3c(c2)OCO3)cc1. The summed E-state index contributed by atoms with van der Waals surface area (Å²) in [4.78, 5) is 11.9. The summed E-state index contributed by atoms with van der Waals surface area (Å²) < 4.78 is 16.3. The van der Waals surface area contributed by atoms with Crippen LogP contribution in [0.25, 0.3) is 0 Å². The third-order valence-electron chi connectivity index (χ3n) is 4.27. The van der Waals surface area contributed by atoms with Crippen LogP contribution in [0.15, 0.2) is 42.5 Å². The summed E-state index contributed by atoms with van der Waals surface area (Å²) in [5.41, 5.74) is 2.33. The van der Waals surface area contributed by atoms with Gasteiger partial charge in [-0.05, 0) is 40.8 Å². The standard InChI is InChI=1S/C21H26N2O4/c1-21(2,3)16-5-7-17(8-6-16)25-11-10-22-20(24)23-13-15-4-9-18-19(12-15)27-14-26-18/h4-9,12H,10-11,13-14H2,1-3H3,(H2,22,23,24). The number of carbonyl (C=O) groups excluding carboxylic acids is 1. The fourth-order valence-corrected chi connectivity index (χ4v) is 2.68. The molecule has 6 nitrogen and oxygen atoms in total. The summed E-state index contributed by atoms with van der Waals surface area (Å²) in [5.74, 6) is 2.24. The monoisotopic (exact) mass is 370 g/mol. The van der Waals surface area contributed by atoms with E-state index in [1.165, 1.54) is 5.56 Å². The predicted octanol–water partition coefficient (Wildman–Crippen LogP) is 3.59. The fraction of sp³-hybridized carbons (Fsp3) is 0.381. The van der Waals surface area contributed by atoms with E-state index < -0.39 is 0 Å². The molecule has 0 bridgehead atoms. The van der Waals surface area contributed by atoms with Gasteiger partial charge in [0.05, 0.1) is 6.54 Å². The molecule has 0 aromatic heterocycles. The number of nitrogens with one attached hydrogen (secondary N) is 2. The summed E-state index contributed by atoms with van der Waals surface area (Å²) in [7, 11) is 0. The van der Waals surface area contributed by atoms with E-state index >= 15 is 0 Å². The minimum Gasteiger partial charge on any atom is -0.492 e. The van der Waals surface area contributed by atoms with Crippen LogP contribution in [-0.2, 0) is 12.0 Å². The molecule has 0 saturated heterocycles. The molecular formula is C21H26N2O4. The summed E-state index contributed by atoms with van der Waals surface area (Å²) in [6.45, 7) is 8.02. The molecule has 0 spiro atoms. The van der Waals surface area contributed by atoms with Gasteiger partial charge in [-0.25, -0.2) is 4.79 Å². The number of benzene rings is 2. The topological polar surface area (TPSA) is 68.8 Å². The number of fused-ring (bicyclic) bond motifs is 1. The number of carbonyl (C=O) groups is 1. The first-order valence-electron chi connectivity index (χ1n) is 9.05. The first kappa shape index (κ1) is 18.9. The van der Waals surface area contributed by atoms with Gasteiger partial charge in [-0.15, -0.1) is 0 Å². The minimum absolute atomic E-state index is 0.121. The van der Waals surface area contributed by atoms with Crippen LogP contribution in [0.1, 0.15) is 31.9 Å². The second-order valence-electron chi connectivity index (χ2n) is 7.42. The van der Waals surface area contributed by atoms with Gasteiger partial charge in [0.1, 0.15) is 12.4 Å². The molecule has 0 fully saturated rings. The number of hydrogen-bond acceptors (Lipinski definition) is 4. The van der Waals surface area contributed by atoms with Crippen LogP contribution in [0.2, 0.25) is 0 Å². The molecular weight excluding hydrogens is 344 g/mol. The lowest BCUT2D eigenvalue weighted by molar-refractivity contribution is 0.174. The molecule has 0 aliphatic carbocycles. The molecule has 1 aliphatic heterocycles. The van der Waals surface area contributed by atoms with Gasteiger partial charge in [0.2, 0.25) is 6.79 Å². The molecule has 0 saturated carbocycles. The zero-order valence-corrected chi connectivity index (χ0v) is 16.0. The Morgan fingerprint density at radius 2 is 1.78 bits per heavy atom. The number of hydrogen-bond donors (Lipinski definition) is 2. The van der Waals surface area contributed by atoms with Crippen molar-refractivity contribution in [2.24, 2.45) is 0 Å². The van der Waals surface area contributed by atoms with E-state index in [4.69, 9.17) is 14.2 Å². The first-order valence-corrected chi connectivity index (χ1v) is 9.05. The Morgan fingerprint density at radius 1 is 1.04 bits per heavy atom. The van der Waals surface area contributed by atoms with Crippen LogP contribution in [0.5, 0.6) is 17.2 Å². The molecule has 6 heteroatoms. The Kier molecular flexibility index (Phi) is 5.74. The minimum atomic E-state index is -0.237. The van der Waals surface area contributed by atoms with Crippen molar-refractivity contribution >= 4 is 6.03 Å². The maximum absolute atomic E-state index is 11.9. The summed E-state index contributed by atoms with van der Waals surface area (Å²) in [6.07, 6.45) is 0. The fourth-order valence-electron chi connectivity index (χ4n) is 2.68.